The first kappa shape index (κ1) is 10.4. The second-order valence-electron chi connectivity index (χ2n) is 3.64. The molecule has 6 nitrogen and oxygen atoms in total. The summed E-state index contributed by atoms with van der Waals surface area (Å²) in [5.74, 6) is 0.123. The number of rotatable bonds is 2. The van der Waals surface area contributed by atoms with Gasteiger partial charge in [-0.15, -0.1) is 0 Å². The van der Waals surface area contributed by atoms with Crippen LogP contribution in [0, 0.1) is 10.1 Å². The van der Waals surface area contributed by atoms with Gasteiger partial charge in [-0.05, 0) is 12.1 Å². The third kappa shape index (κ3) is 1.60. The number of benzene rings is 1. The van der Waals surface area contributed by atoms with Gasteiger partial charge in [0.1, 0.15) is 5.69 Å². The van der Waals surface area contributed by atoms with Crippen molar-refractivity contribution in [3.63, 3.8) is 0 Å². The highest BCUT2D eigenvalue weighted by Crippen LogP contribution is 2.29. The minimum atomic E-state index is -0.504. The molecule has 0 aliphatic heterocycles. The Hall–Kier alpha value is -2.76. The standard InChI is InChI=1S/C12H7N3O3/c16-15(17)11-5-6-18-12(11)10-7-13-8-3-1-2-4-9(8)14-10/h1-7H. The van der Waals surface area contributed by atoms with Gasteiger partial charge in [0, 0.05) is 0 Å². The van der Waals surface area contributed by atoms with Crippen LogP contribution in [0.25, 0.3) is 22.5 Å². The second kappa shape index (κ2) is 3.92. The lowest BCUT2D eigenvalue weighted by Crippen LogP contribution is -1.91. The summed E-state index contributed by atoms with van der Waals surface area (Å²) in [4.78, 5) is 18.8. The van der Waals surface area contributed by atoms with E-state index in [1.165, 1.54) is 18.5 Å². The number of aromatic nitrogens is 2. The van der Waals surface area contributed by atoms with E-state index in [1.54, 1.807) is 6.07 Å². The van der Waals surface area contributed by atoms with Crippen LogP contribution in [0.15, 0.2) is 47.2 Å². The van der Waals surface area contributed by atoms with Crippen LogP contribution in [0.1, 0.15) is 0 Å². The van der Waals surface area contributed by atoms with Gasteiger partial charge in [-0.2, -0.15) is 0 Å². The van der Waals surface area contributed by atoms with Gasteiger partial charge in [0.2, 0.25) is 5.76 Å². The van der Waals surface area contributed by atoms with Crippen molar-refractivity contribution in [1.82, 2.24) is 9.97 Å². The second-order valence-corrected chi connectivity index (χ2v) is 3.64. The fraction of sp³-hybridized carbons (Fsp3) is 0. The summed E-state index contributed by atoms with van der Waals surface area (Å²) in [6, 6.07) is 8.60. The van der Waals surface area contributed by atoms with Gasteiger partial charge >= 0.3 is 5.69 Å². The van der Waals surface area contributed by atoms with E-state index >= 15 is 0 Å². The molecule has 0 saturated heterocycles. The number of nitrogens with zero attached hydrogens (tertiary/aromatic N) is 3. The van der Waals surface area contributed by atoms with E-state index in [0.717, 1.165) is 5.52 Å². The highest BCUT2D eigenvalue weighted by atomic mass is 16.6. The Morgan fingerprint density at radius 1 is 1.17 bits per heavy atom. The van der Waals surface area contributed by atoms with E-state index < -0.39 is 4.92 Å². The minimum Gasteiger partial charge on any atom is -0.455 e. The van der Waals surface area contributed by atoms with E-state index in [9.17, 15) is 10.1 Å². The fourth-order valence-electron chi connectivity index (χ4n) is 1.70. The number of furan rings is 1. The first-order chi connectivity index (χ1) is 8.75. The van der Waals surface area contributed by atoms with Crippen LogP contribution in [-0.2, 0) is 0 Å². The van der Waals surface area contributed by atoms with Crippen molar-refractivity contribution in [3.05, 3.63) is 52.9 Å². The molecule has 88 valence electrons. The number of hydrogen-bond acceptors (Lipinski definition) is 5. The number of para-hydroxylation sites is 2. The highest BCUT2D eigenvalue weighted by Gasteiger charge is 2.20. The molecule has 2 aromatic heterocycles. The molecule has 0 aliphatic carbocycles. The molecule has 0 radical (unpaired) electrons. The molecule has 0 saturated carbocycles. The lowest BCUT2D eigenvalue weighted by Gasteiger charge is -1.99. The van der Waals surface area contributed by atoms with Crippen molar-refractivity contribution in [3.8, 4) is 11.5 Å². The maximum Gasteiger partial charge on any atom is 0.316 e. The van der Waals surface area contributed by atoms with Crippen molar-refractivity contribution < 1.29 is 9.34 Å². The lowest BCUT2D eigenvalue weighted by molar-refractivity contribution is -0.384. The quantitative estimate of drug-likeness (QED) is 0.509. The van der Waals surface area contributed by atoms with Crippen molar-refractivity contribution in [1.29, 1.82) is 0 Å². The van der Waals surface area contributed by atoms with Crippen LogP contribution in [-0.4, -0.2) is 14.9 Å². The summed E-state index contributed by atoms with van der Waals surface area (Å²) >= 11 is 0. The summed E-state index contributed by atoms with van der Waals surface area (Å²) in [6.45, 7) is 0. The Morgan fingerprint density at radius 3 is 2.72 bits per heavy atom. The molecule has 0 bridgehead atoms. The summed E-state index contributed by atoms with van der Waals surface area (Å²) in [5.41, 5.74) is 1.64. The molecule has 0 fully saturated rings. The molecule has 0 aliphatic rings. The van der Waals surface area contributed by atoms with Gasteiger partial charge in [0.25, 0.3) is 0 Å². The third-order valence-corrected chi connectivity index (χ3v) is 2.52. The van der Waals surface area contributed by atoms with E-state index in [4.69, 9.17) is 4.42 Å². The predicted octanol–water partition coefficient (Wildman–Crippen LogP) is 2.80. The normalized spacial score (nSPS) is 10.7. The maximum atomic E-state index is 10.8. The molecule has 0 spiro atoms. The first-order valence-electron chi connectivity index (χ1n) is 5.20. The lowest BCUT2D eigenvalue weighted by atomic mass is 10.2. The average molecular weight is 241 g/mol. The average Bonchev–Trinajstić information content (AvgIpc) is 2.87. The summed E-state index contributed by atoms with van der Waals surface area (Å²) in [6.07, 6.45) is 2.73. The molecule has 0 amide bonds. The van der Waals surface area contributed by atoms with Crippen LogP contribution in [0.5, 0.6) is 0 Å². The van der Waals surface area contributed by atoms with Crippen LogP contribution in [0.3, 0.4) is 0 Å². The van der Waals surface area contributed by atoms with Crippen molar-refractivity contribution >= 4 is 16.7 Å². The molecule has 3 rings (SSSR count). The topological polar surface area (TPSA) is 82.1 Å². The molecular formula is C12H7N3O3. The highest BCUT2D eigenvalue weighted by molar-refractivity contribution is 5.77. The Labute approximate surface area is 101 Å². The van der Waals surface area contributed by atoms with Crippen LogP contribution in [0.2, 0.25) is 0 Å². The summed E-state index contributed by atoms with van der Waals surface area (Å²) in [5, 5.41) is 10.8. The number of nitro groups is 1. The van der Waals surface area contributed by atoms with E-state index in [-0.39, 0.29) is 11.4 Å². The smallest absolute Gasteiger partial charge is 0.316 e. The number of fused-ring (bicyclic) bond motifs is 1. The van der Waals surface area contributed by atoms with Gasteiger partial charge in [-0.1, -0.05) is 12.1 Å². The SMILES string of the molecule is O=[N+]([O-])c1ccoc1-c1cnc2ccccc2n1. The van der Waals surface area contributed by atoms with Gasteiger partial charge in [-0.25, -0.2) is 4.98 Å². The zero-order chi connectivity index (χ0) is 12.5. The summed E-state index contributed by atoms with van der Waals surface area (Å²) in [7, 11) is 0. The molecule has 2 heterocycles. The third-order valence-electron chi connectivity index (χ3n) is 2.52. The van der Waals surface area contributed by atoms with E-state index in [0.29, 0.717) is 11.2 Å². The molecule has 1 aromatic carbocycles. The summed E-state index contributed by atoms with van der Waals surface area (Å²) < 4.78 is 5.12. The predicted molar refractivity (Wildman–Crippen MR) is 63.9 cm³/mol. The number of hydrogen-bond donors (Lipinski definition) is 0. The Kier molecular flexibility index (Phi) is 2.26. The Balaban J connectivity index is 2.19. The molecule has 0 unspecified atom stereocenters. The fourth-order valence-corrected chi connectivity index (χ4v) is 1.70. The molecule has 0 N–H and O–H groups in total. The van der Waals surface area contributed by atoms with E-state index in [2.05, 4.69) is 9.97 Å². The van der Waals surface area contributed by atoms with Crippen molar-refractivity contribution in [2.45, 2.75) is 0 Å². The zero-order valence-electron chi connectivity index (χ0n) is 9.11. The van der Waals surface area contributed by atoms with Crippen molar-refractivity contribution in [2.24, 2.45) is 0 Å². The largest absolute Gasteiger partial charge is 0.455 e. The molecule has 0 atom stereocenters. The molecule has 3 aromatic rings. The minimum absolute atomic E-state index is 0.111. The Bertz CT molecular complexity index is 736. The van der Waals surface area contributed by atoms with Crippen molar-refractivity contribution in [2.75, 3.05) is 0 Å². The van der Waals surface area contributed by atoms with Gasteiger partial charge in [0.15, 0.2) is 0 Å². The first-order valence-corrected chi connectivity index (χ1v) is 5.20. The monoisotopic (exact) mass is 241 g/mol. The molecular weight excluding hydrogens is 234 g/mol. The van der Waals surface area contributed by atoms with Crippen LogP contribution < -0.4 is 0 Å². The van der Waals surface area contributed by atoms with E-state index in [1.807, 2.05) is 18.2 Å². The molecule has 6 heteroatoms. The zero-order valence-corrected chi connectivity index (χ0v) is 9.11. The van der Waals surface area contributed by atoms with Crippen LogP contribution >= 0.6 is 0 Å². The van der Waals surface area contributed by atoms with Crippen LogP contribution in [0.4, 0.5) is 5.69 Å². The Morgan fingerprint density at radius 2 is 1.94 bits per heavy atom. The maximum absolute atomic E-state index is 10.8. The van der Waals surface area contributed by atoms with Gasteiger partial charge in [-0.3, -0.25) is 15.1 Å². The molecule has 18 heavy (non-hydrogen) atoms. The van der Waals surface area contributed by atoms with Gasteiger partial charge in [0.05, 0.1) is 34.5 Å². The van der Waals surface area contributed by atoms with Gasteiger partial charge < -0.3 is 4.42 Å².